The van der Waals surface area contributed by atoms with E-state index in [1.807, 2.05) is 13.0 Å². The number of hydrogen-bond acceptors (Lipinski definition) is 5. The van der Waals surface area contributed by atoms with Crippen LogP contribution in [0.3, 0.4) is 0 Å². The Morgan fingerprint density at radius 3 is 2.85 bits per heavy atom. The van der Waals surface area contributed by atoms with Crippen molar-refractivity contribution < 1.29 is 4.79 Å². The van der Waals surface area contributed by atoms with E-state index in [4.69, 9.17) is 5.73 Å². The molecule has 2 heterocycles. The minimum Gasteiger partial charge on any atom is -0.368 e. The van der Waals surface area contributed by atoms with Gasteiger partial charge in [-0.25, -0.2) is 4.98 Å². The summed E-state index contributed by atoms with van der Waals surface area (Å²) in [5.41, 5.74) is 6.61. The average Bonchev–Trinajstić information content (AvgIpc) is 2.79. The zero-order valence-electron chi connectivity index (χ0n) is 12.0. The van der Waals surface area contributed by atoms with E-state index in [2.05, 4.69) is 27.2 Å². The number of nitrogen functional groups attached to an aromatic ring is 1. The Bertz CT molecular complexity index is 512. The molecule has 1 aliphatic carbocycles. The molecule has 20 heavy (non-hydrogen) atoms. The predicted octanol–water partition coefficient (Wildman–Crippen LogP) is 0.718. The molecule has 1 amide bonds. The van der Waals surface area contributed by atoms with Crippen molar-refractivity contribution in [2.24, 2.45) is 11.8 Å². The fourth-order valence-electron chi connectivity index (χ4n) is 3.49. The van der Waals surface area contributed by atoms with Crippen molar-refractivity contribution in [3.63, 3.8) is 0 Å². The van der Waals surface area contributed by atoms with Gasteiger partial charge in [0.25, 0.3) is 0 Å². The van der Waals surface area contributed by atoms with Crippen molar-refractivity contribution in [2.45, 2.75) is 32.2 Å². The first-order valence-electron chi connectivity index (χ1n) is 7.13. The SMILES string of the molecule is Cc1cc(N(C)[C@H]2C[C@H]3CC(=O)NC[C@H]3C2)nc(N)n1. The standard InChI is InChI=1S/C14H21N5O/c1-8-3-12(18-14(15)17-8)19(2)11-4-9-6-13(20)16-7-10(9)5-11/h3,9-11H,4-7H2,1-2H3,(H,16,20)(H2,15,17,18)/t9-,10+,11-/m0/s1. The maximum atomic E-state index is 11.5. The Kier molecular flexibility index (Phi) is 3.23. The van der Waals surface area contributed by atoms with Crippen molar-refractivity contribution in [3.8, 4) is 0 Å². The van der Waals surface area contributed by atoms with Gasteiger partial charge in [-0.1, -0.05) is 0 Å². The van der Waals surface area contributed by atoms with Crippen LogP contribution in [0.25, 0.3) is 0 Å². The number of piperidine rings is 1. The van der Waals surface area contributed by atoms with Gasteiger partial charge in [-0.05, 0) is 31.6 Å². The molecule has 1 aromatic heterocycles. The second kappa shape index (κ2) is 4.92. The Balaban J connectivity index is 1.75. The molecule has 2 aliphatic rings. The first kappa shape index (κ1) is 13.1. The highest BCUT2D eigenvalue weighted by Gasteiger charge is 2.39. The molecule has 1 saturated carbocycles. The number of amides is 1. The number of carbonyl (C=O) groups excluding carboxylic acids is 1. The van der Waals surface area contributed by atoms with E-state index >= 15 is 0 Å². The number of aryl methyl sites for hydroxylation is 1. The number of anilines is 2. The van der Waals surface area contributed by atoms with Crippen molar-refractivity contribution in [2.75, 3.05) is 24.2 Å². The molecule has 3 rings (SSSR count). The molecule has 6 nitrogen and oxygen atoms in total. The summed E-state index contributed by atoms with van der Waals surface area (Å²) in [7, 11) is 2.05. The lowest BCUT2D eigenvalue weighted by molar-refractivity contribution is -0.124. The topological polar surface area (TPSA) is 84.1 Å². The predicted molar refractivity (Wildman–Crippen MR) is 77.2 cm³/mol. The first-order chi connectivity index (χ1) is 9.52. The Hall–Kier alpha value is -1.85. The van der Waals surface area contributed by atoms with E-state index in [9.17, 15) is 4.79 Å². The Morgan fingerprint density at radius 1 is 1.35 bits per heavy atom. The number of nitrogens with one attached hydrogen (secondary N) is 1. The molecule has 0 radical (unpaired) electrons. The second-order valence-corrected chi connectivity index (χ2v) is 5.99. The average molecular weight is 275 g/mol. The van der Waals surface area contributed by atoms with Crippen LogP contribution in [-0.2, 0) is 4.79 Å². The van der Waals surface area contributed by atoms with Crippen LogP contribution in [0.1, 0.15) is 25.0 Å². The Morgan fingerprint density at radius 2 is 2.10 bits per heavy atom. The number of aromatic nitrogens is 2. The van der Waals surface area contributed by atoms with Gasteiger partial charge in [0.2, 0.25) is 11.9 Å². The molecule has 0 spiro atoms. The van der Waals surface area contributed by atoms with Crippen LogP contribution in [0.15, 0.2) is 6.07 Å². The van der Waals surface area contributed by atoms with E-state index in [1.54, 1.807) is 0 Å². The smallest absolute Gasteiger partial charge is 0.222 e. The van der Waals surface area contributed by atoms with Crippen LogP contribution in [0, 0.1) is 18.8 Å². The van der Waals surface area contributed by atoms with Gasteiger partial charge in [0, 0.05) is 37.8 Å². The summed E-state index contributed by atoms with van der Waals surface area (Å²) < 4.78 is 0. The summed E-state index contributed by atoms with van der Waals surface area (Å²) in [6.45, 7) is 2.74. The molecule has 1 aliphatic heterocycles. The third-order valence-corrected chi connectivity index (χ3v) is 4.59. The van der Waals surface area contributed by atoms with Gasteiger partial charge in [0.15, 0.2) is 0 Å². The van der Waals surface area contributed by atoms with E-state index in [0.717, 1.165) is 30.9 Å². The molecule has 0 unspecified atom stereocenters. The number of hydrogen-bond donors (Lipinski definition) is 2. The van der Waals surface area contributed by atoms with Crippen molar-refractivity contribution in [1.29, 1.82) is 0 Å². The third kappa shape index (κ3) is 2.42. The molecule has 0 bridgehead atoms. The van der Waals surface area contributed by atoms with Crippen LogP contribution in [-0.4, -0.2) is 35.5 Å². The summed E-state index contributed by atoms with van der Waals surface area (Å²) in [6.07, 6.45) is 2.82. The van der Waals surface area contributed by atoms with Crippen LogP contribution in [0.5, 0.6) is 0 Å². The van der Waals surface area contributed by atoms with E-state index in [1.165, 1.54) is 0 Å². The summed E-state index contributed by atoms with van der Waals surface area (Å²) in [6, 6.07) is 2.38. The monoisotopic (exact) mass is 275 g/mol. The largest absolute Gasteiger partial charge is 0.368 e. The summed E-state index contributed by atoms with van der Waals surface area (Å²) >= 11 is 0. The minimum absolute atomic E-state index is 0.191. The van der Waals surface area contributed by atoms with E-state index < -0.39 is 0 Å². The number of fused-ring (bicyclic) bond motifs is 1. The van der Waals surface area contributed by atoms with Gasteiger partial charge in [0.1, 0.15) is 5.82 Å². The van der Waals surface area contributed by atoms with Crippen molar-refractivity contribution >= 4 is 17.7 Å². The Labute approximate surface area is 118 Å². The quantitative estimate of drug-likeness (QED) is 0.830. The first-order valence-corrected chi connectivity index (χ1v) is 7.13. The number of rotatable bonds is 2. The molecular formula is C14H21N5O. The van der Waals surface area contributed by atoms with Crippen molar-refractivity contribution in [1.82, 2.24) is 15.3 Å². The number of nitrogens with zero attached hydrogens (tertiary/aromatic N) is 3. The lowest BCUT2D eigenvalue weighted by atomic mass is 9.89. The summed E-state index contributed by atoms with van der Waals surface area (Å²) in [5, 5.41) is 2.97. The van der Waals surface area contributed by atoms with E-state index in [-0.39, 0.29) is 5.91 Å². The molecule has 2 fully saturated rings. The minimum atomic E-state index is 0.191. The summed E-state index contributed by atoms with van der Waals surface area (Å²) in [4.78, 5) is 22.1. The summed E-state index contributed by atoms with van der Waals surface area (Å²) in [5.74, 6) is 2.49. The highest BCUT2D eigenvalue weighted by atomic mass is 16.1. The fourth-order valence-corrected chi connectivity index (χ4v) is 3.49. The highest BCUT2D eigenvalue weighted by molar-refractivity contribution is 5.77. The molecule has 3 N–H and O–H groups in total. The molecule has 3 atom stereocenters. The molecule has 1 aromatic rings. The zero-order chi connectivity index (χ0) is 14.3. The zero-order valence-corrected chi connectivity index (χ0v) is 12.0. The van der Waals surface area contributed by atoms with Crippen LogP contribution < -0.4 is 16.0 Å². The highest BCUT2D eigenvalue weighted by Crippen LogP contribution is 2.39. The maximum Gasteiger partial charge on any atom is 0.222 e. The lowest BCUT2D eigenvalue weighted by Gasteiger charge is -2.26. The van der Waals surface area contributed by atoms with Crippen LogP contribution in [0.2, 0.25) is 0 Å². The van der Waals surface area contributed by atoms with Crippen LogP contribution in [0.4, 0.5) is 11.8 Å². The van der Waals surface area contributed by atoms with Gasteiger partial charge in [-0.15, -0.1) is 0 Å². The van der Waals surface area contributed by atoms with Crippen molar-refractivity contribution in [3.05, 3.63) is 11.8 Å². The van der Waals surface area contributed by atoms with Gasteiger partial charge in [0.05, 0.1) is 0 Å². The number of carbonyl (C=O) groups is 1. The molecule has 108 valence electrons. The second-order valence-electron chi connectivity index (χ2n) is 5.99. The van der Waals surface area contributed by atoms with E-state index in [0.29, 0.717) is 30.2 Å². The fraction of sp³-hybridized carbons (Fsp3) is 0.643. The van der Waals surface area contributed by atoms with Crippen LogP contribution >= 0.6 is 0 Å². The maximum absolute atomic E-state index is 11.5. The number of nitrogens with two attached hydrogens (primary N) is 1. The molecule has 0 aromatic carbocycles. The van der Waals surface area contributed by atoms with Gasteiger partial charge < -0.3 is 16.0 Å². The molecular weight excluding hydrogens is 254 g/mol. The van der Waals surface area contributed by atoms with Gasteiger partial charge in [-0.2, -0.15) is 4.98 Å². The normalized spacial score (nSPS) is 28.9. The molecule has 1 saturated heterocycles. The van der Waals surface area contributed by atoms with Gasteiger partial charge >= 0.3 is 0 Å². The third-order valence-electron chi connectivity index (χ3n) is 4.59. The molecule has 6 heteroatoms. The van der Waals surface area contributed by atoms with Gasteiger partial charge in [-0.3, -0.25) is 4.79 Å². The lowest BCUT2D eigenvalue weighted by Crippen LogP contribution is -2.38.